The fourth-order valence-corrected chi connectivity index (χ4v) is 4.03. The smallest absolute Gasteiger partial charge is 0.203 e. The first-order chi connectivity index (χ1) is 15.1. The first kappa shape index (κ1) is 19.6. The number of hydrogen-bond acceptors (Lipinski definition) is 9. The molecule has 31 heavy (non-hydrogen) atoms. The highest BCUT2D eigenvalue weighted by molar-refractivity contribution is 5.82. The molecule has 0 aliphatic carbocycles. The third-order valence-corrected chi connectivity index (χ3v) is 5.56. The molecule has 1 fully saturated rings. The number of ether oxygens (including phenoxy) is 2. The number of anilines is 2. The van der Waals surface area contributed by atoms with Crippen molar-refractivity contribution in [1.29, 1.82) is 0 Å². The molecule has 1 aliphatic heterocycles. The molecule has 11 nitrogen and oxygen atoms in total. The summed E-state index contributed by atoms with van der Waals surface area (Å²) >= 11 is 0. The molecular formula is C20H25N9O2. The number of hydrogen-bond donors (Lipinski definition) is 1. The fourth-order valence-electron chi connectivity index (χ4n) is 4.03. The average molecular weight is 423 g/mol. The lowest BCUT2D eigenvalue weighted by atomic mass is 10.3. The summed E-state index contributed by atoms with van der Waals surface area (Å²) < 4.78 is 14.9. The van der Waals surface area contributed by atoms with Crippen molar-refractivity contribution in [2.45, 2.75) is 19.9 Å². The lowest BCUT2D eigenvalue weighted by molar-refractivity contribution is 0.122. The summed E-state index contributed by atoms with van der Waals surface area (Å²) in [6.07, 6.45) is 3.68. The summed E-state index contributed by atoms with van der Waals surface area (Å²) in [5.74, 6) is 2.64. The Balaban J connectivity index is 1.70. The van der Waals surface area contributed by atoms with Gasteiger partial charge in [0.1, 0.15) is 22.9 Å². The van der Waals surface area contributed by atoms with Crippen LogP contribution in [0.3, 0.4) is 0 Å². The van der Waals surface area contributed by atoms with Gasteiger partial charge >= 0.3 is 0 Å². The average Bonchev–Trinajstić information content (AvgIpc) is 3.35. The number of morpholine rings is 1. The minimum atomic E-state index is 0.0191. The van der Waals surface area contributed by atoms with E-state index in [0.717, 1.165) is 35.8 Å². The molecule has 5 heterocycles. The first-order valence-corrected chi connectivity index (χ1v) is 10.2. The third kappa shape index (κ3) is 3.35. The highest BCUT2D eigenvalue weighted by Crippen LogP contribution is 2.30. The number of aromatic nitrogens is 7. The molecule has 0 bridgehead atoms. The summed E-state index contributed by atoms with van der Waals surface area (Å²) in [6.45, 7) is 7.52. The predicted octanol–water partition coefficient (Wildman–Crippen LogP) is 1.47. The van der Waals surface area contributed by atoms with Crippen LogP contribution in [0.2, 0.25) is 0 Å². The van der Waals surface area contributed by atoms with Crippen molar-refractivity contribution >= 4 is 28.3 Å². The van der Waals surface area contributed by atoms with Gasteiger partial charge in [0.05, 0.1) is 37.6 Å². The first-order valence-electron chi connectivity index (χ1n) is 10.2. The molecule has 162 valence electrons. The lowest BCUT2D eigenvalue weighted by Gasteiger charge is -2.28. The van der Waals surface area contributed by atoms with Gasteiger partial charge in [-0.15, -0.1) is 10.2 Å². The van der Waals surface area contributed by atoms with Crippen LogP contribution in [0.15, 0.2) is 18.5 Å². The van der Waals surface area contributed by atoms with Crippen LogP contribution in [-0.2, 0) is 9.47 Å². The van der Waals surface area contributed by atoms with Gasteiger partial charge in [0, 0.05) is 32.5 Å². The van der Waals surface area contributed by atoms with E-state index in [4.69, 9.17) is 20.2 Å². The molecule has 0 amide bonds. The molecule has 4 aromatic heterocycles. The molecule has 2 N–H and O–H groups in total. The van der Waals surface area contributed by atoms with Gasteiger partial charge in [-0.1, -0.05) is 0 Å². The second-order valence-corrected chi connectivity index (χ2v) is 7.69. The van der Waals surface area contributed by atoms with Crippen molar-refractivity contribution in [1.82, 2.24) is 34.1 Å². The number of methoxy groups -OCH3 is 1. The van der Waals surface area contributed by atoms with Crippen LogP contribution in [0.25, 0.3) is 28.2 Å². The Hall–Kier alpha value is -3.31. The van der Waals surface area contributed by atoms with Crippen molar-refractivity contribution in [2.24, 2.45) is 0 Å². The Labute approximate surface area is 178 Å². The van der Waals surface area contributed by atoms with E-state index in [1.165, 1.54) is 0 Å². The number of fused-ring (bicyclic) bond motifs is 2. The summed E-state index contributed by atoms with van der Waals surface area (Å²) in [5.41, 5.74) is 9.11. The second-order valence-electron chi connectivity index (χ2n) is 7.69. The molecule has 0 aromatic carbocycles. The lowest BCUT2D eigenvalue weighted by Crippen LogP contribution is -2.36. The summed E-state index contributed by atoms with van der Waals surface area (Å²) in [7, 11) is 1.69. The van der Waals surface area contributed by atoms with Crippen molar-refractivity contribution in [3.05, 3.63) is 24.3 Å². The molecular weight excluding hydrogens is 398 g/mol. The molecule has 5 rings (SSSR count). The molecule has 11 heteroatoms. The van der Waals surface area contributed by atoms with Gasteiger partial charge in [0.15, 0.2) is 11.6 Å². The standard InChI is InChI=1S/C20H25N9O2/c1-12(11-30-3)29-16-8-17(27-4-6-31-7-5-27)22-9-14(16)24-19(29)15-10-28-13(2)25-26-20(28)18(21)23-15/h8-10,12H,4-7,11H2,1-3H3,(H2,21,23). The normalized spacial score (nSPS) is 15.8. The molecule has 0 saturated carbocycles. The van der Waals surface area contributed by atoms with E-state index in [9.17, 15) is 0 Å². The molecule has 4 aromatic rings. The zero-order valence-electron chi connectivity index (χ0n) is 17.8. The van der Waals surface area contributed by atoms with Gasteiger partial charge in [-0.25, -0.2) is 15.0 Å². The van der Waals surface area contributed by atoms with Gasteiger partial charge in [0.2, 0.25) is 5.65 Å². The van der Waals surface area contributed by atoms with Gasteiger partial charge in [-0.05, 0) is 13.8 Å². The number of nitrogens with two attached hydrogens (primary N) is 1. The topological polar surface area (TPSA) is 122 Å². The quantitative estimate of drug-likeness (QED) is 0.508. The minimum absolute atomic E-state index is 0.0191. The van der Waals surface area contributed by atoms with E-state index >= 15 is 0 Å². The van der Waals surface area contributed by atoms with Crippen LogP contribution in [0.1, 0.15) is 18.8 Å². The Bertz CT molecular complexity index is 1240. The van der Waals surface area contributed by atoms with E-state index in [2.05, 4.69) is 42.6 Å². The minimum Gasteiger partial charge on any atom is -0.383 e. The third-order valence-electron chi connectivity index (χ3n) is 5.56. The maximum atomic E-state index is 6.18. The zero-order chi connectivity index (χ0) is 21.5. The zero-order valence-corrected chi connectivity index (χ0v) is 17.8. The number of nitrogen functional groups attached to an aromatic ring is 1. The van der Waals surface area contributed by atoms with Gasteiger partial charge in [-0.2, -0.15) is 0 Å². The summed E-state index contributed by atoms with van der Waals surface area (Å²) in [5, 5.41) is 8.20. The number of pyridine rings is 1. The van der Waals surface area contributed by atoms with Crippen molar-refractivity contribution in [3.8, 4) is 11.5 Å². The van der Waals surface area contributed by atoms with Crippen molar-refractivity contribution in [3.63, 3.8) is 0 Å². The van der Waals surface area contributed by atoms with E-state index < -0.39 is 0 Å². The largest absolute Gasteiger partial charge is 0.383 e. The summed E-state index contributed by atoms with van der Waals surface area (Å²) in [6, 6.07) is 2.10. The maximum Gasteiger partial charge on any atom is 0.203 e. The Morgan fingerprint density at radius 1 is 1.23 bits per heavy atom. The van der Waals surface area contributed by atoms with E-state index in [-0.39, 0.29) is 6.04 Å². The molecule has 0 spiro atoms. The summed E-state index contributed by atoms with van der Waals surface area (Å²) in [4.78, 5) is 16.3. The Morgan fingerprint density at radius 3 is 2.81 bits per heavy atom. The monoisotopic (exact) mass is 423 g/mol. The van der Waals surface area contributed by atoms with E-state index in [1.807, 2.05) is 23.7 Å². The number of imidazole rings is 1. The van der Waals surface area contributed by atoms with Gasteiger partial charge < -0.3 is 24.7 Å². The van der Waals surface area contributed by atoms with Gasteiger partial charge in [0.25, 0.3) is 0 Å². The van der Waals surface area contributed by atoms with Crippen molar-refractivity contribution in [2.75, 3.05) is 50.7 Å². The molecule has 0 radical (unpaired) electrons. The number of nitrogens with zero attached hydrogens (tertiary/aromatic N) is 8. The predicted molar refractivity (Wildman–Crippen MR) is 116 cm³/mol. The van der Waals surface area contributed by atoms with Crippen molar-refractivity contribution < 1.29 is 9.47 Å². The number of aryl methyl sites for hydroxylation is 1. The van der Waals surface area contributed by atoms with E-state index in [0.29, 0.717) is 42.8 Å². The fraction of sp³-hybridized carbons (Fsp3) is 0.450. The van der Waals surface area contributed by atoms with Crippen LogP contribution in [0.4, 0.5) is 11.6 Å². The van der Waals surface area contributed by atoms with Crippen LogP contribution in [0, 0.1) is 6.92 Å². The molecule has 1 atom stereocenters. The molecule has 1 saturated heterocycles. The SMILES string of the molecule is COCC(C)n1c(-c2cn3c(C)nnc3c(N)n2)nc2cnc(N3CCOCC3)cc21. The molecule has 1 unspecified atom stereocenters. The van der Waals surface area contributed by atoms with Gasteiger partial charge in [-0.3, -0.25) is 4.40 Å². The van der Waals surface area contributed by atoms with Crippen LogP contribution < -0.4 is 10.6 Å². The maximum absolute atomic E-state index is 6.18. The Morgan fingerprint density at radius 2 is 2.03 bits per heavy atom. The van der Waals surface area contributed by atoms with Crippen LogP contribution >= 0.6 is 0 Å². The molecule has 1 aliphatic rings. The highest BCUT2D eigenvalue weighted by Gasteiger charge is 2.22. The van der Waals surface area contributed by atoms with E-state index in [1.54, 1.807) is 7.11 Å². The second kappa shape index (κ2) is 7.75. The van der Waals surface area contributed by atoms with Crippen LogP contribution in [0.5, 0.6) is 0 Å². The number of rotatable bonds is 5. The Kier molecular flexibility index (Phi) is 4.91. The van der Waals surface area contributed by atoms with Crippen LogP contribution in [-0.4, -0.2) is 74.1 Å². The highest BCUT2D eigenvalue weighted by atomic mass is 16.5.